The standard InChI is InChI=1S/C15H13ClN2O2/c1-10(18-20)13-4-2-3-5-14(13)17-15(19)11-6-8-12(16)9-7-11/h2-9,20H,1H3,(H,17,19)/b18-10+. The lowest BCUT2D eigenvalue weighted by atomic mass is 10.1. The van der Waals surface area contributed by atoms with Crippen LogP contribution in [0.25, 0.3) is 0 Å². The van der Waals surface area contributed by atoms with Crippen LogP contribution >= 0.6 is 11.6 Å². The lowest BCUT2D eigenvalue weighted by molar-refractivity contribution is 0.102. The van der Waals surface area contributed by atoms with Crippen molar-refractivity contribution in [1.29, 1.82) is 0 Å². The van der Waals surface area contributed by atoms with Crippen molar-refractivity contribution in [2.75, 3.05) is 5.32 Å². The number of oxime groups is 1. The number of nitrogens with zero attached hydrogens (tertiary/aromatic N) is 1. The third kappa shape index (κ3) is 3.16. The Balaban J connectivity index is 2.26. The summed E-state index contributed by atoms with van der Waals surface area (Å²) < 4.78 is 0. The molecular formula is C15H13ClN2O2. The SMILES string of the molecule is C/C(=N\O)c1ccccc1NC(=O)c1ccc(Cl)cc1. The number of halogens is 1. The molecule has 0 unspecified atom stereocenters. The molecule has 102 valence electrons. The van der Waals surface area contributed by atoms with E-state index in [0.717, 1.165) is 0 Å². The van der Waals surface area contributed by atoms with Gasteiger partial charge in [-0.05, 0) is 37.3 Å². The third-order valence-electron chi connectivity index (χ3n) is 2.82. The minimum atomic E-state index is -0.250. The van der Waals surface area contributed by atoms with E-state index in [1.54, 1.807) is 49.4 Å². The van der Waals surface area contributed by atoms with E-state index in [0.29, 0.717) is 27.5 Å². The Kier molecular flexibility index (Phi) is 4.38. The Morgan fingerprint density at radius 2 is 1.80 bits per heavy atom. The maximum atomic E-state index is 12.1. The predicted molar refractivity (Wildman–Crippen MR) is 79.8 cm³/mol. The highest BCUT2D eigenvalue weighted by Gasteiger charge is 2.10. The van der Waals surface area contributed by atoms with Gasteiger partial charge in [0.25, 0.3) is 5.91 Å². The Bertz CT molecular complexity index is 651. The van der Waals surface area contributed by atoms with E-state index in [1.807, 2.05) is 6.07 Å². The fourth-order valence-corrected chi connectivity index (χ4v) is 1.88. The number of carbonyl (C=O) groups is 1. The first-order valence-electron chi connectivity index (χ1n) is 5.97. The smallest absolute Gasteiger partial charge is 0.255 e. The highest BCUT2D eigenvalue weighted by molar-refractivity contribution is 6.30. The quantitative estimate of drug-likeness (QED) is 0.513. The second-order valence-electron chi connectivity index (χ2n) is 4.19. The fourth-order valence-electron chi connectivity index (χ4n) is 1.76. The average molecular weight is 289 g/mol. The normalized spacial score (nSPS) is 11.2. The Hall–Kier alpha value is -2.33. The van der Waals surface area contributed by atoms with E-state index in [-0.39, 0.29) is 5.91 Å². The number of nitrogens with one attached hydrogen (secondary N) is 1. The van der Waals surface area contributed by atoms with Gasteiger partial charge in [-0.1, -0.05) is 35.0 Å². The van der Waals surface area contributed by atoms with E-state index in [9.17, 15) is 4.79 Å². The van der Waals surface area contributed by atoms with Gasteiger partial charge in [-0.2, -0.15) is 0 Å². The van der Waals surface area contributed by atoms with E-state index in [4.69, 9.17) is 16.8 Å². The molecule has 2 rings (SSSR count). The summed E-state index contributed by atoms with van der Waals surface area (Å²) in [5, 5.41) is 15.4. The molecule has 1 amide bonds. The van der Waals surface area contributed by atoms with Gasteiger partial charge in [0.1, 0.15) is 0 Å². The number of hydrogen-bond donors (Lipinski definition) is 2. The molecule has 4 nitrogen and oxygen atoms in total. The zero-order valence-electron chi connectivity index (χ0n) is 10.8. The van der Waals surface area contributed by atoms with Crippen LogP contribution in [0.2, 0.25) is 5.02 Å². The first kappa shape index (κ1) is 14.1. The summed E-state index contributed by atoms with van der Waals surface area (Å²) in [4.78, 5) is 12.1. The molecule has 20 heavy (non-hydrogen) atoms. The van der Waals surface area contributed by atoms with Gasteiger partial charge in [0.2, 0.25) is 0 Å². The van der Waals surface area contributed by atoms with Gasteiger partial charge < -0.3 is 10.5 Å². The van der Waals surface area contributed by atoms with Crippen molar-refractivity contribution in [1.82, 2.24) is 0 Å². The van der Waals surface area contributed by atoms with Crippen molar-refractivity contribution in [3.05, 3.63) is 64.7 Å². The molecule has 2 aromatic rings. The van der Waals surface area contributed by atoms with Crippen LogP contribution in [-0.4, -0.2) is 16.8 Å². The molecule has 0 aliphatic heterocycles. The summed E-state index contributed by atoms with van der Waals surface area (Å²) in [7, 11) is 0. The predicted octanol–water partition coefficient (Wildman–Crippen LogP) is 3.79. The van der Waals surface area contributed by atoms with Crippen LogP contribution in [0, 0.1) is 0 Å². The lowest BCUT2D eigenvalue weighted by Gasteiger charge is -2.10. The molecule has 5 heteroatoms. The molecule has 0 radical (unpaired) electrons. The van der Waals surface area contributed by atoms with Gasteiger partial charge in [-0.15, -0.1) is 0 Å². The van der Waals surface area contributed by atoms with Crippen LogP contribution < -0.4 is 5.32 Å². The molecule has 0 aliphatic rings. The monoisotopic (exact) mass is 288 g/mol. The second-order valence-corrected chi connectivity index (χ2v) is 4.63. The minimum Gasteiger partial charge on any atom is -0.411 e. The Morgan fingerprint density at radius 3 is 2.45 bits per heavy atom. The lowest BCUT2D eigenvalue weighted by Crippen LogP contribution is -2.14. The van der Waals surface area contributed by atoms with E-state index >= 15 is 0 Å². The highest BCUT2D eigenvalue weighted by Crippen LogP contribution is 2.18. The van der Waals surface area contributed by atoms with E-state index < -0.39 is 0 Å². The van der Waals surface area contributed by atoms with Crippen LogP contribution in [0.4, 0.5) is 5.69 Å². The minimum absolute atomic E-state index is 0.250. The van der Waals surface area contributed by atoms with Crippen molar-refractivity contribution in [3.63, 3.8) is 0 Å². The summed E-state index contributed by atoms with van der Waals surface area (Å²) in [6.45, 7) is 1.66. The summed E-state index contributed by atoms with van der Waals surface area (Å²) in [6.07, 6.45) is 0. The summed E-state index contributed by atoms with van der Waals surface area (Å²) in [6, 6.07) is 13.7. The number of anilines is 1. The van der Waals surface area contributed by atoms with Gasteiger partial charge >= 0.3 is 0 Å². The summed E-state index contributed by atoms with van der Waals surface area (Å²) in [5.41, 5.74) is 2.18. The van der Waals surface area contributed by atoms with Gasteiger partial charge in [0, 0.05) is 16.1 Å². The van der Waals surface area contributed by atoms with Crippen molar-refractivity contribution < 1.29 is 10.0 Å². The van der Waals surface area contributed by atoms with Crippen LogP contribution in [0.15, 0.2) is 53.7 Å². The maximum absolute atomic E-state index is 12.1. The van der Waals surface area contributed by atoms with Crippen molar-refractivity contribution in [3.8, 4) is 0 Å². The molecule has 0 aliphatic carbocycles. The number of benzene rings is 2. The number of carbonyl (C=O) groups excluding carboxylic acids is 1. The largest absolute Gasteiger partial charge is 0.411 e. The van der Waals surface area contributed by atoms with E-state index in [2.05, 4.69) is 10.5 Å². The zero-order chi connectivity index (χ0) is 14.5. The highest BCUT2D eigenvalue weighted by atomic mass is 35.5. The number of amides is 1. The van der Waals surface area contributed by atoms with Crippen LogP contribution in [-0.2, 0) is 0 Å². The average Bonchev–Trinajstić information content (AvgIpc) is 2.47. The molecular weight excluding hydrogens is 276 g/mol. The number of rotatable bonds is 3. The van der Waals surface area contributed by atoms with Crippen molar-refractivity contribution in [2.45, 2.75) is 6.92 Å². The van der Waals surface area contributed by atoms with Gasteiger partial charge in [0.05, 0.1) is 11.4 Å². The Labute approximate surface area is 121 Å². The molecule has 2 N–H and O–H groups in total. The van der Waals surface area contributed by atoms with Gasteiger partial charge in [0.15, 0.2) is 0 Å². The molecule has 0 bridgehead atoms. The molecule has 0 aromatic heterocycles. The topological polar surface area (TPSA) is 61.7 Å². The molecule has 0 fully saturated rings. The van der Waals surface area contributed by atoms with Crippen molar-refractivity contribution in [2.24, 2.45) is 5.16 Å². The van der Waals surface area contributed by atoms with E-state index in [1.165, 1.54) is 0 Å². The zero-order valence-corrected chi connectivity index (χ0v) is 11.6. The number of hydrogen-bond acceptors (Lipinski definition) is 3. The Morgan fingerprint density at radius 1 is 1.15 bits per heavy atom. The first-order chi connectivity index (χ1) is 9.61. The third-order valence-corrected chi connectivity index (χ3v) is 3.07. The van der Waals surface area contributed by atoms with Crippen LogP contribution in [0.1, 0.15) is 22.8 Å². The second kappa shape index (κ2) is 6.21. The van der Waals surface area contributed by atoms with Gasteiger partial charge in [-0.25, -0.2) is 0 Å². The van der Waals surface area contributed by atoms with Gasteiger partial charge in [-0.3, -0.25) is 4.79 Å². The molecule has 0 atom stereocenters. The molecule has 0 saturated carbocycles. The van der Waals surface area contributed by atoms with Crippen LogP contribution in [0.3, 0.4) is 0 Å². The fraction of sp³-hybridized carbons (Fsp3) is 0.0667. The van der Waals surface area contributed by atoms with Crippen LogP contribution in [0.5, 0.6) is 0 Å². The number of para-hydroxylation sites is 1. The molecule has 0 saturated heterocycles. The maximum Gasteiger partial charge on any atom is 0.255 e. The molecule has 0 heterocycles. The summed E-state index contributed by atoms with van der Waals surface area (Å²) >= 11 is 5.79. The molecule has 0 spiro atoms. The molecule has 2 aromatic carbocycles. The first-order valence-corrected chi connectivity index (χ1v) is 6.34. The van der Waals surface area contributed by atoms with Crippen molar-refractivity contribution >= 4 is 28.9 Å². The summed E-state index contributed by atoms with van der Waals surface area (Å²) in [5.74, 6) is -0.250.